The number of hydrogen-bond donors (Lipinski definition) is 3. The number of thiazole rings is 1. The molecule has 2 aromatic carbocycles. The van der Waals surface area contributed by atoms with E-state index < -0.39 is 11.6 Å². The number of likely N-dealkylation sites (N-methyl/N-ethyl adjacent to an activating group) is 1. The van der Waals surface area contributed by atoms with Crippen LogP contribution in [-0.4, -0.2) is 59.2 Å². The van der Waals surface area contributed by atoms with Crippen molar-refractivity contribution >= 4 is 55.0 Å². The number of halogens is 3. The number of nitrogens with one attached hydrogen (secondary N) is 1. The zero-order valence-electron chi connectivity index (χ0n) is 18.9. The molecule has 2 aromatic heterocycles. The molecule has 0 aliphatic carbocycles. The molecule has 184 valence electrons. The van der Waals surface area contributed by atoms with Crippen LogP contribution >= 0.6 is 22.9 Å². The van der Waals surface area contributed by atoms with Gasteiger partial charge in [0.25, 0.3) is 0 Å². The molecule has 1 aliphatic heterocycles. The molecule has 0 saturated carbocycles. The summed E-state index contributed by atoms with van der Waals surface area (Å²) in [6, 6.07) is 4.56. The number of ether oxygens (including phenoxy) is 1. The Bertz CT molecular complexity index is 1420. The maximum atomic E-state index is 16.1. The van der Waals surface area contributed by atoms with E-state index in [9.17, 15) is 4.39 Å². The second kappa shape index (κ2) is 9.65. The van der Waals surface area contributed by atoms with E-state index in [2.05, 4.69) is 25.2 Å². The van der Waals surface area contributed by atoms with Gasteiger partial charge in [-0.15, -0.1) is 0 Å². The van der Waals surface area contributed by atoms with Gasteiger partial charge in [-0.25, -0.2) is 13.8 Å². The lowest BCUT2D eigenvalue weighted by molar-refractivity contribution is 0.188. The molecule has 12 heteroatoms. The van der Waals surface area contributed by atoms with Gasteiger partial charge in [-0.1, -0.05) is 22.9 Å². The summed E-state index contributed by atoms with van der Waals surface area (Å²) >= 11 is 7.64. The molecule has 1 atom stereocenters. The second-order valence-corrected chi connectivity index (χ2v) is 9.86. The van der Waals surface area contributed by atoms with Gasteiger partial charge in [0.2, 0.25) is 0 Å². The quantitative estimate of drug-likeness (QED) is 0.332. The molecule has 0 radical (unpaired) electrons. The molecular formula is C23H24ClF2N7OS. The van der Waals surface area contributed by atoms with Crippen LogP contribution in [0.1, 0.15) is 12.8 Å². The minimum absolute atomic E-state index is 0.0312. The van der Waals surface area contributed by atoms with E-state index in [-0.39, 0.29) is 38.8 Å². The fraction of sp³-hybridized carbons (Fsp3) is 0.348. The van der Waals surface area contributed by atoms with Crippen LogP contribution < -0.4 is 21.5 Å². The standard InChI is InChI=1S/C23H24ClF2N7OS/c1-33-8-2-3-11(33)10-34-23-31-18-13(21(32-23)29-7-6-27)9-14(24)16(17(18)26)12-4-5-15(25)19-20(12)35-22(28)30-19/h4-5,9,11H,2-3,6-8,10,27H2,1H3,(H2,28,30)(H,29,31,32)/t11-/m0/s1. The largest absolute Gasteiger partial charge is 0.462 e. The number of aromatic nitrogens is 3. The van der Waals surface area contributed by atoms with Crippen LogP contribution in [0, 0.1) is 11.6 Å². The first-order valence-electron chi connectivity index (χ1n) is 11.2. The highest BCUT2D eigenvalue weighted by atomic mass is 35.5. The zero-order valence-corrected chi connectivity index (χ0v) is 20.5. The van der Waals surface area contributed by atoms with Gasteiger partial charge in [0.1, 0.15) is 29.3 Å². The topological polar surface area (TPSA) is 115 Å². The van der Waals surface area contributed by atoms with Crippen molar-refractivity contribution in [2.45, 2.75) is 18.9 Å². The van der Waals surface area contributed by atoms with Crippen LogP contribution in [0.5, 0.6) is 6.01 Å². The number of nitrogen functional groups attached to an aromatic ring is 1. The lowest BCUT2D eigenvalue weighted by atomic mass is 10.0. The number of nitrogens with zero attached hydrogens (tertiary/aromatic N) is 4. The van der Waals surface area contributed by atoms with Crippen LogP contribution in [0.25, 0.3) is 32.2 Å². The first kappa shape index (κ1) is 23.9. The number of nitrogens with two attached hydrogens (primary N) is 2. The van der Waals surface area contributed by atoms with Crippen LogP contribution in [0.2, 0.25) is 5.02 Å². The fourth-order valence-electron chi connectivity index (χ4n) is 4.36. The second-order valence-electron chi connectivity index (χ2n) is 8.43. The minimum Gasteiger partial charge on any atom is -0.462 e. The maximum absolute atomic E-state index is 16.1. The van der Waals surface area contributed by atoms with E-state index >= 15 is 4.39 Å². The van der Waals surface area contributed by atoms with E-state index in [1.54, 1.807) is 6.07 Å². The Morgan fingerprint density at radius 3 is 2.83 bits per heavy atom. The Morgan fingerprint density at radius 2 is 2.09 bits per heavy atom. The van der Waals surface area contributed by atoms with Gasteiger partial charge in [-0.05, 0) is 44.6 Å². The molecule has 0 spiro atoms. The summed E-state index contributed by atoms with van der Waals surface area (Å²) in [5, 5.41) is 3.78. The molecule has 1 saturated heterocycles. The molecule has 5 rings (SSSR count). The summed E-state index contributed by atoms with van der Waals surface area (Å²) in [5.74, 6) is -0.848. The molecule has 0 amide bonds. The summed E-state index contributed by atoms with van der Waals surface area (Å²) in [4.78, 5) is 15.1. The number of rotatable bonds is 7. The fourth-order valence-corrected chi connectivity index (χ4v) is 5.52. The summed E-state index contributed by atoms with van der Waals surface area (Å²) in [6.07, 6.45) is 2.10. The van der Waals surface area contributed by atoms with E-state index in [0.29, 0.717) is 41.2 Å². The maximum Gasteiger partial charge on any atom is 0.319 e. The minimum atomic E-state index is -0.673. The van der Waals surface area contributed by atoms with Crippen LogP contribution in [0.15, 0.2) is 18.2 Å². The Kier molecular flexibility index (Phi) is 6.58. The molecule has 4 aromatic rings. The highest BCUT2D eigenvalue weighted by Gasteiger charge is 2.25. The molecule has 3 heterocycles. The number of benzene rings is 2. The molecule has 8 nitrogen and oxygen atoms in total. The van der Waals surface area contributed by atoms with Crippen molar-refractivity contribution in [1.29, 1.82) is 0 Å². The third-order valence-electron chi connectivity index (χ3n) is 6.16. The first-order valence-corrected chi connectivity index (χ1v) is 12.4. The lowest BCUT2D eigenvalue weighted by Gasteiger charge is -2.19. The van der Waals surface area contributed by atoms with Crippen molar-refractivity contribution in [3.05, 3.63) is 34.9 Å². The number of fused-ring (bicyclic) bond motifs is 2. The van der Waals surface area contributed by atoms with Gasteiger partial charge in [0.05, 0.1) is 9.72 Å². The van der Waals surface area contributed by atoms with Crippen molar-refractivity contribution < 1.29 is 13.5 Å². The molecule has 1 fully saturated rings. The van der Waals surface area contributed by atoms with Crippen LogP contribution in [0.3, 0.4) is 0 Å². The van der Waals surface area contributed by atoms with E-state index in [1.807, 2.05) is 7.05 Å². The van der Waals surface area contributed by atoms with E-state index in [1.165, 1.54) is 12.1 Å². The van der Waals surface area contributed by atoms with Crippen molar-refractivity contribution in [2.75, 3.05) is 44.3 Å². The van der Waals surface area contributed by atoms with Gasteiger partial charge in [-0.3, -0.25) is 0 Å². The number of hydrogen-bond acceptors (Lipinski definition) is 9. The van der Waals surface area contributed by atoms with Gasteiger partial charge < -0.3 is 26.4 Å². The molecule has 0 bridgehead atoms. The third-order valence-corrected chi connectivity index (χ3v) is 7.37. The van der Waals surface area contributed by atoms with Gasteiger partial charge in [-0.2, -0.15) is 9.97 Å². The van der Waals surface area contributed by atoms with Crippen molar-refractivity contribution in [3.8, 4) is 17.1 Å². The molecule has 35 heavy (non-hydrogen) atoms. The van der Waals surface area contributed by atoms with Crippen molar-refractivity contribution in [3.63, 3.8) is 0 Å². The van der Waals surface area contributed by atoms with Crippen molar-refractivity contribution in [1.82, 2.24) is 19.9 Å². The summed E-state index contributed by atoms with van der Waals surface area (Å²) < 4.78 is 36.7. The normalized spacial score (nSPS) is 16.4. The zero-order chi connectivity index (χ0) is 24.7. The Hall–Kier alpha value is -2.86. The average molecular weight is 520 g/mol. The Labute approximate surface area is 209 Å². The smallest absolute Gasteiger partial charge is 0.319 e. The van der Waals surface area contributed by atoms with Crippen LogP contribution in [-0.2, 0) is 0 Å². The Morgan fingerprint density at radius 1 is 1.26 bits per heavy atom. The van der Waals surface area contributed by atoms with E-state index in [4.69, 9.17) is 27.8 Å². The van der Waals surface area contributed by atoms with E-state index in [0.717, 1.165) is 30.7 Å². The van der Waals surface area contributed by atoms with Gasteiger partial charge >= 0.3 is 6.01 Å². The SMILES string of the molecule is CN1CCC[C@H]1COc1nc(NCCN)c2cc(Cl)c(-c3ccc(F)c4nc(N)sc34)c(F)c2n1. The summed E-state index contributed by atoms with van der Waals surface area (Å²) in [6.45, 7) is 2.15. The van der Waals surface area contributed by atoms with Crippen LogP contribution in [0.4, 0.5) is 19.7 Å². The highest BCUT2D eigenvalue weighted by Crippen LogP contribution is 2.42. The molecule has 0 unspecified atom stereocenters. The van der Waals surface area contributed by atoms with Crippen molar-refractivity contribution in [2.24, 2.45) is 5.73 Å². The average Bonchev–Trinajstić information content (AvgIpc) is 3.43. The first-order chi connectivity index (χ1) is 16.9. The number of likely N-dealkylation sites (tertiary alicyclic amines) is 1. The van der Waals surface area contributed by atoms with Gasteiger partial charge in [0.15, 0.2) is 10.9 Å². The molecular weight excluding hydrogens is 496 g/mol. The Balaban J connectivity index is 1.65. The summed E-state index contributed by atoms with van der Waals surface area (Å²) in [5.41, 5.74) is 12.0. The van der Waals surface area contributed by atoms with Gasteiger partial charge in [0, 0.05) is 35.6 Å². The highest BCUT2D eigenvalue weighted by molar-refractivity contribution is 7.22. The number of anilines is 2. The monoisotopic (exact) mass is 519 g/mol. The third kappa shape index (κ3) is 4.44. The molecule has 5 N–H and O–H groups in total. The predicted octanol–water partition coefficient (Wildman–Crippen LogP) is 4.26. The molecule has 1 aliphatic rings. The summed E-state index contributed by atoms with van der Waals surface area (Å²) in [7, 11) is 2.04. The predicted molar refractivity (Wildman–Crippen MR) is 136 cm³/mol. The lowest BCUT2D eigenvalue weighted by Crippen LogP contribution is -2.31.